The van der Waals surface area contributed by atoms with Gasteiger partial charge in [0.05, 0.1) is 18.8 Å². The van der Waals surface area contributed by atoms with Gasteiger partial charge in [-0.3, -0.25) is 0 Å². The number of ether oxygens (including phenoxy) is 1. The minimum absolute atomic E-state index is 0.237. The lowest BCUT2D eigenvalue weighted by Gasteiger charge is -2.18. The summed E-state index contributed by atoms with van der Waals surface area (Å²) < 4.78 is 5.63. The van der Waals surface area contributed by atoms with Gasteiger partial charge in [-0.15, -0.1) is 0 Å². The fourth-order valence-corrected chi connectivity index (χ4v) is 2.14. The van der Waals surface area contributed by atoms with E-state index in [-0.39, 0.29) is 12.2 Å². The molecular weight excluding hydrogens is 238 g/mol. The average Bonchev–Trinajstić information content (AvgIpc) is 2.29. The lowest BCUT2D eigenvalue weighted by Crippen LogP contribution is -2.32. The zero-order valence-corrected chi connectivity index (χ0v) is 13.6. The Bertz CT molecular complexity index is 195. The number of unbranched alkanes of at least 4 members (excludes halogenated alkanes) is 1. The van der Waals surface area contributed by atoms with Gasteiger partial charge in [-0.2, -0.15) is 0 Å². The van der Waals surface area contributed by atoms with Gasteiger partial charge in [0.2, 0.25) is 0 Å². The molecule has 19 heavy (non-hydrogen) atoms. The van der Waals surface area contributed by atoms with Gasteiger partial charge in [-0.25, -0.2) is 0 Å². The van der Waals surface area contributed by atoms with Gasteiger partial charge in [0.25, 0.3) is 0 Å². The van der Waals surface area contributed by atoms with Gasteiger partial charge in [0, 0.05) is 6.54 Å². The van der Waals surface area contributed by atoms with Gasteiger partial charge >= 0.3 is 0 Å². The molecule has 0 aliphatic heterocycles. The third-order valence-corrected chi connectivity index (χ3v) is 3.14. The van der Waals surface area contributed by atoms with E-state index in [0.717, 1.165) is 18.9 Å². The van der Waals surface area contributed by atoms with Crippen LogP contribution in [-0.2, 0) is 4.74 Å². The van der Waals surface area contributed by atoms with Crippen LogP contribution in [0.2, 0.25) is 0 Å². The van der Waals surface area contributed by atoms with Crippen LogP contribution in [0.5, 0.6) is 0 Å². The second kappa shape index (κ2) is 11.7. The Labute approximate surface area is 120 Å². The van der Waals surface area contributed by atoms with Gasteiger partial charge in [0.15, 0.2) is 0 Å². The standard InChI is InChI=1S/C16H35NO2/c1-13(2)8-6-7-9-17-11-16(18)12-19-15(5)10-14(3)4/h13-18H,6-12H2,1-5H3. The molecule has 2 atom stereocenters. The fourth-order valence-electron chi connectivity index (χ4n) is 2.14. The molecule has 0 amide bonds. The van der Waals surface area contributed by atoms with E-state index in [1.54, 1.807) is 0 Å². The Kier molecular flexibility index (Phi) is 11.6. The van der Waals surface area contributed by atoms with Crippen LogP contribution >= 0.6 is 0 Å². The summed E-state index contributed by atoms with van der Waals surface area (Å²) in [5.74, 6) is 1.44. The summed E-state index contributed by atoms with van der Waals surface area (Å²) in [6.07, 6.45) is 4.65. The van der Waals surface area contributed by atoms with E-state index < -0.39 is 0 Å². The molecule has 0 aromatic rings. The Balaban J connectivity index is 3.36. The molecule has 2 N–H and O–H groups in total. The molecule has 0 saturated carbocycles. The maximum absolute atomic E-state index is 9.79. The van der Waals surface area contributed by atoms with Crippen molar-refractivity contribution in [2.45, 2.75) is 72.5 Å². The van der Waals surface area contributed by atoms with Crippen LogP contribution in [-0.4, -0.2) is 37.0 Å². The molecular formula is C16H35NO2. The zero-order chi connectivity index (χ0) is 14.7. The SMILES string of the molecule is CC(C)CCCCNCC(O)COC(C)CC(C)C. The van der Waals surface area contributed by atoms with E-state index in [0.29, 0.717) is 19.1 Å². The number of nitrogens with one attached hydrogen (secondary N) is 1. The quantitative estimate of drug-likeness (QED) is 0.537. The maximum atomic E-state index is 9.79. The molecule has 0 spiro atoms. The molecule has 0 aliphatic rings. The Morgan fingerprint density at radius 3 is 2.26 bits per heavy atom. The van der Waals surface area contributed by atoms with Crippen LogP contribution in [0, 0.1) is 11.8 Å². The topological polar surface area (TPSA) is 41.5 Å². The number of aliphatic hydroxyl groups is 1. The van der Waals surface area contributed by atoms with Crippen LogP contribution in [0.1, 0.15) is 60.3 Å². The van der Waals surface area contributed by atoms with Crippen molar-refractivity contribution in [2.24, 2.45) is 11.8 Å². The first kappa shape index (κ1) is 18.9. The van der Waals surface area contributed by atoms with Crippen LogP contribution in [0.3, 0.4) is 0 Å². The van der Waals surface area contributed by atoms with Crippen LogP contribution in [0.15, 0.2) is 0 Å². The van der Waals surface area contributed by atoms with Crippen LogP contribution < -0.4 is 5.32 Å². The van der Waals surface area contributed by atoms with E-state index in [9.17, 15) is 5.11 Å². The fraction of sp³-hybridized carbons (Fsp3) is 1.00. The lowest BCUT2D eigenvalue weighted by molar-refractivity contribution is -0.00844. The van der Waals surface area contributed by atoms with Crippen molar-refractivity contribution in [1.29, 1.82) is 0 Å². The van der Waals surface area contributed by atoms with E-state index >= 15 is 0 Å². The highest BCUT2D eigenvalue weighted by atomic mass is 16.5. The molecule has 0 bridgehead atoms. The second-order valence-corrected chi connectivity index (χ2v) is 6.52. The summed E-state index contributed by atoms with van der Waals surface area (Å²) in [6, 6.07) is 0. The number of hydrogen-bond acceptors (Lipinski definition) is 3. The van der Waals surface area contributed by atoms with Crippen molar-refractivity contribution in [2.75, 3.05) is 19.7 Å². The van der Waals surface area contributed by atoms with E-state index in [1.807, 2.05) is 0 Å². The molecule has 0 aromatic carbocycles. The third kappa shape index (κ3) is 14.1. The number of aliphatic hydroxyl groups excluding tert-OH is 1. The monoisotopic (exact) mass is 273 g/mol. The largest absolute Gasteiger partial charge is 0.389 e. The predicted molar refractivity (Wildman–Crippen MR) is 82.4 cm³/mol. The average molecular weight is 273 g/mol. The van der Waals surface area contributed by atoms with E-state index in [1.165, 1.54) is 19.3 Å². The number of rotatable bonds is 12. The second-order valence-electron chi connectivity index (χ2n) is 6.52. The highest BCUT2D eigenvalue weighted by Crippen LogP contribution is 2.07. The Morgan fingerprint density at radius 1 is 1.00 bits per heavy atom. The highest BCUT2D eigenvalue weighted by Gasteiger charge is 2.09. The molecule has 0 rings (SSSR count). The van der Waals surface area contributed by atoms with E-state index in [4.69, 9.17) is 4.74 Å². The normalized spacial score (nSPS) is 15.2. The molecule has 2 unspecified atom stereocenters. The smallest absolute Gasteiger partial charge is 0.0897 e. The summed E-state index contributed by atoms with van der Waals surface area (Å²) in [6.45, 7) is 13.0. The molecule has 0 heterocycles. The summed E-state index contributed by atoms with van der Waals surface area (Å²) in [7, 11) is 0. The van der Waals surface area contributed by atoms with Crippen molar-refractivity contribution in [3.8, 4) is 0 Å². The van der Waals surface area contributed by atoms with Crippen LogP contribution in [0.25, 0.3) is 0 Å². The van der Waals surface area contributed by atoms with Crippen molar-refractivity contribution >= 4 is 0 Å². The third-order valence-electron chi connectivity index (χ3n) is 3.14. The van der Waals surface area contributed by atoms with E-state index in [2.05, 4.69) is 39.9 Å². The number of hydrogen-bond donors (Lipinski definition) is 2. The molecule has 116 valence electrons. The van der Waals surface area contributed by atoms with Crippen molar-refractivity contribution in [3.63, 3.8) is 0 Å². The zero-order valence-electron chi connectivity index (χ0n) is 13.6. The van der Waals surface area contributed by atoms with Gasteiger partial charge in [-0.05, 0) is 38.1 Å². The summed E-state index contributed by atoms with van der Waals surface area (Å²) in [5.41, 5.74) is 0. The van der Waals surface area contributed by atoms with Crippen molar-refractivity contribution < 1.29 is 9.84 Å². The first-order valence-electron chi connectivity index (χ1n) is 7.92. The minimum atomic E-state index is -0.389. The molecule has 0 saturated heterocycles. The van der Waals surface area contributed by atoms with Crippen molar-refractivity contribution in [1.82, 2.24) is 5.32 Å². The molecule has 3 nitrogen and oxygen atoms in total. The highest BCUT2D eigenvalue weighted by molar-refractivity contribution is 4.61. The maximum Gasteiger partial charge on any atom is 0.0897 e. The van der Waals surface area contributed by atoms with Gasteiger partial charge < -0.3 is 15.2 Å². The molecule has 3 heteroatoms. The van der Waals surface area contributed by atoms with Gasteiger partial charge in [-0.1, -0.05) is 40.5 Å². The Hall–Kier alpha value is -0.120. The Morgan fingerprint density at radius 2 is 1.68 bits per heavy atom. The first-order valence-corrected chi connectivity index (χ1v) is 7.92. The molecule has 0 aromatic heterocycles. The van der Waals surface area contributed by atoms with Crippen LogP contribution in [0.4, 0.5) is 0 Å². The first-order chi connectivity index (χ1) is 8.91. The minimum Gasteiger partial charge on any atom is -0.389 e. The lowest BCUT2D eigenvalue weighted by atomic mass is 10.1. The van der Waals surface area contributed by atoms with Gasteiger partial charge in [0.1, 0.15) is 0 Å². The molecule has 0 radical (unpaired) electrons. The summed E-state index contributed by atoms with van der Waals surface area (Å²) in [4.78, 5) is 0. The summed E-state index contributed by atoms with van der Waals surface area (Å²) >= 11 is 0. The molecule has 0 fully saturated rings. The van der Waals surface area contributed by atoms with Crippen molar-refractivity contribution in [3.05, 3.63) is 0 Å². The summed E-state index contributed by atoms with van der Waals surface area (Å²) in [5, 5.41) is 13.1. The predicted octanol–water partition coefficient (Wildman–Crippen LogP) is 3.21. The molecule has 0 aliphatic carbocycles.